The van der Waals surface area contributed by atoms with Gasteiger partial charge in [-0.15, -0.1) is 0 Å². The summed E-state index contributed by atoms with van der Waals surface area (Å²) >= 11 is 4.29. The Balaban J connectivity index is 1.96. The van der Waals surface area contributed by atoms with Crippen molar-refractivity contribution in [3.8, 4) is 17.1 Å². The molecular weight excluding hydrogens is 469 g/mol. The molecule has 0 aliphatic carbocycles. The van der Waals surface area contributed by atoms with Crippen molar-refractivity contribution in [1.82, 2.24) is 14.9 Å². The lowest BCUT2D eigenvalue weighted by Gasteiger charge is -2.15. The van der Waals surface area contributed by atoms with E-state index in [1.807, 2.05) is 20.8 Å². The highest BCUT2D eigenvalue weighted by molar-refractivity contribution is 7.81. The molecule has 3 aromatic rings. The molecule has 0 aliphatic heterocycles. The van der Waals surface area contributed by atoms with Crippen molar-refractivity contribution in [2.45, 2.75) is 52.0 Å². The SMILES string of the molecule is CCOc1nc(CC)c(CNC(=O)[C@@H](S)CC)n1Cc1ccc(-c2ccccc2C(=O)O)cc1F. The third kappa shape index (κ3) is 6.03. The monoisotopic (exact) mass is 499 g/mol. The molecule has 0 unspecified atom stereocenters. The van der Waals surface area contributed by atoms with E-state index in [-0.39, 0.29) is 24.6 Å². The van der Waals surface area contributed by atoms with Gasteiger partial charge in [-0.25, -0.2) is 9.18 Å². The zero-order chi connectivity index (χ0) is 25.5. The van der Waals surface area contributed by atoms with Crippen LogP contribution in [0.1, 0.15) is 54.5 Å². The van der Waals surface area contributed by atoms with Gasteiger partial charge in [0.15, 0.2) is 0 Å². The Hall–Kier alpha value is -3.33. The van der Waals surface area contributed by atoms with Crippen molar-refractivity contribution in [2.75, 3.05) is 6.61 Å². The van der Waals surface area contributed by atoms with Gasteiger partial charge in [0.25, 0.3) is 6.01 Å². The Kier molecular flexibility index (Phi) is 8.92. The molecule has 0 saturated carbocycles. The number of amides is 1. The van der Waals surface area contributed by atoms with Crippen molar-refractivity contribution in [3.63, 3.8) is 0 Å². The molecule has 0 fully saturated rings. The third-order valence-corrected chi connectivity index (χ3v) is 6.30. The summed E-state index contributed by atoms with van der Waals surface area (Å²) in [6.07, 6.45) is 1.21. The number of ether oxygens (including phenoxy) is 1. The van der Waals surface area contributed by atoms with Crippen molar-refractivity contribution in [1.29, 1.82) is 0 Å². The number of benzene rings is 2. The largest absolute Gasteiger partial charge is 0.478 e. The Morgan fingerprint density at radius 3 is 2.57 bits per heavy atom. The van der Waals surface area contributed by atoms with Crippen LogP contribution < -0.4 is 10.1 Å². The van der Waals surface area contributed by atoms with Crippen LogP contribution in [0.15, 0.2) is 42.5 Å². The fourth-order valence-electron chi connectivity index (χ4n) is 3.80. The Bertz CT molecular complexity index is 1210. The average molecular weight is 500 g/mol. The van der Waals surface area contributed by atoms with Gasteiger partial charge in [-0.1, -0.05) is 44.2 Å². The summed E-state index contributed by atoms with van der Waals surface area (Å²) in [6.45, 7) is 6.41. The molecule has 186 valence electrons. The van der Waals surface area contributed by atoms with Gasteiger partial charge in [0.05, 0.1) is 41.9 Å². The summed E-state index contributed by atoms with van der Waals surface area (Å²) in [5.74, 6) is -1.74. The van der Waals surface area contributed by atoms with Crippen LogP contribution in [0.4, 0.5) is 4.39 Å². The number of imidazole rings is 1. The van der Waals surface area contributed by atoms with Crippen molar-refractivity contribution in [2.24, 2.45) is 0 Å². The van der Waals surface area contributed by atoms with Gasteiger partial charge in [0.1, 0.15) is 5.82 Å². The molecule has 0 aliphatic rings. The van der Waals surface area contributed by atoms with E-state index in [0.29, 0.717) is 42.1 Å². The second kappa shape index (κ2) is 11.9. The van der Waals surface area contributed by atoms with E-state index in [1.165, 1.54) is 12.1 Å². The van der Waals surface area contributed by atoms with Crippen LogP contribution in [0.3, 0.4) is 0 Å². The molecule has 2 aromatic carbocycles. The number of carbonyl (C=O) groups excluding carboxylic acids is 1. The standard InChI is InChI=1S/C26H30FN3O4S/c1-4-21-22(14-28-24(31)23(35)5-2)30(26(29-21)34-6-3)15-17-12-11-16(13-20(17)27)18-9-7-8-10-19(18)25(32)33/h7-13,23,35H,4-6,14-15H2,1-3H3,(H,28,31)(H,32,33)/t23-/m0/s1. The maximum atomic E-state index is 15.3. The molecule has 1 heterocycles. The normalized spacial score (nSPS) is 11.8. The van der Waals surface area contributed by atoms with Gasteiger partial charge in [0, 0.05) is 5.56 Å². The molecule has 2 N–H and O–H groups in total. The van der Waals surface area contributed by atoms with Crippen molar-refractivity contribution in [3.05, 3.63) is 70.8 Å². The summed E-state index contributed by atoms with van der Waals surface area (Å²) in [5.41, 5.74) is 2.90. The molecule has 1 aromatic heterocycles. The Morgan fingerprint density at radius 2 is 1.94 bits per heavy atom. The number of halogens is 1. The molecule has 1 amide bonds. The van der Waals surface area contributed by atoms with Gasteiger partial charge in [0.2, 0.25) is 5.91 Å². The number of nitrogens with one attached hydrogen (secondary N) is 1. The molecule has 1 atom stereocenters. The molecule has 7 nitrogen and oxygen atoms in total. The quantitative estimate of drug-likeness (QED) is 0.332. The highest BCUT2D eigenvalue weighted by Crippen LogP contribution is 2.28. The highest BCUT2D eigenvalue weighted by Gasteiger charge is 2.21. The van der Waals surface area contributed by atoms with E-state index in [9.17, 15) is 14.7 Å². The highest BCUT2D eigenvalue weighted by atomic mass is 32.1. The summed E-state index contributed by atoms with van der Waals surface area (Å²) in [5, 5.41) is 11.9. The number of aryl methyl sites for hydroxylation is 1. The van der Waals surface area contributed by atoms with Crippen LogP contribution in [0, 0.1) is 5.82 Å². The number of nitrogens with zero attached hydrogens (tertiary/aromatic N) is 2. The first-order valence-electron chi connectivity index (χ1n) is 11.6. The Labute approximate surface area is 209 Å². The van der Waals surface area contributed by atoms with E-state index >= 15 is 4.39 Å². The topological polar surface area (TPSA) is 93.5 Å². The summed E-state index contributed by atoms with van der Waals surface area (Å²) in [6, 6.07) is 11.5. The molecule has 9 heteroatoms. The number of hydrogen-bond donors (Lipinski definition) is 3. The Morgan fingerprint density at radius 1 is 1.20 bits per heavy atom. The van der Waals surface area contributed by atoms with Crippen LogP contribution in [0.5, 0.6) is 6.01 Å². The van der Waals surface area contributed by atoms with Crippen LogP contribution in [0.25, 0.3) is 11.1 Å². The number of carbonyl (C=O) groups is 2. The number of carboxylic acids is 1. The molecule has 0 saturated heterocycles. The van der Waals surface area contributed by atoms with Gasteiger partial charge < -0.3 is 15.2 Å². The van der Waals surface area contributed by atoms with Crippen LogP contribution in [0.2, 0.25) is 0 Å². The second-order valence-electron chi connectivity index (χ2n) is 7.96. The minimum atomic E-state index is -1.07. The first kappa shape index (κ1) is 26.3. The molecule has 0 radical (unpaired) electrons. The average Bonchev–Trinajstić information content (AvgIpc) is 3.19. The minimum absolute atomic E-state index is 0.105. The number of rotatable bonds is 11. The second-order valence-corrected chi connectivity index (χ2v) is 8.58. The first-order chi connectivity index (χ1) is 16.8. The lowest BCUT2D eigenvalue weighted by atomic mass is 9.98. The maximum absolute atomic E-state index is 15.3. The summed E-state index contributed by atoms with van der Waals surface area (Å²) in [7, 11) is 0. The number of hydrogen-bond acceptors (Lipinski definition) is 5. The minimum Gasteiger partial charge on any atom is -0.478 e. The van der Waals surface area contributed by atoms with Crippen LogP contribution in [-0.2, 0) is 24.3 Å². The summed E-state index contributed by atoms with van der Waals surface area (Å²) < 4.78 is 22.7. The van der Waals surface area contributed by atoms with Gasteiger partial charge in [-0.05, 0) is 43.0 Å². The molecular formula is C26H30FN3O4S. The van der Waals surface area contributed by atoms with E-state index in [2.05, 4.69) is 22.9 Å². The number of carboxylic acid groups (broad SMARTS) is 1. The van der Waals surface area contributed by atoms with Crippen molar-refractivity contribution < 1.29 is 23.8 Å². The van der Waals surface area contributed by atoms with Gasteiger partial charge in [-0.2, -0.15) is 17.6 Å². The van der Waals surface area contributed by atoms with Crippen LogP contribution in [-0.4, -0.2) is 38.4 Å². The zero-order valence-corrected chi connectivity index (χ0v) is 20.9. The number of thiol groups is 1. The number of aromatic nitrogens is 2. The predicted octanol–water partition coefficient (Wildman–Crippen LogP) is 4.72. The number of aromatic carboxylic acids is 1. The van der Waals surface area contributed by atoms with E-state index in [4.69, 9.17) is 4.74 Å². The van der Waals surface area contributed by atoms with Gasteiger partial charge >= 0.3 is 5.97 Å². The molecule has 0 bridgehead atoms. The first-order valence-corrected chi connectivity index (χ1v) is 12.1. The maximum Gasteiger partial charge on any atom is 0.336 e. The van der Waals surface area contributed by atoms with Gasteiger partial charge in [-0.3, -0.25) is 9.36 Å². The molecule has 3 rings (SSSR count). The third-order valence-electron chi connectivity index (χ3n) is 5.70. The molecule has 35 heavy (non-hydrogen) atoms. The fourth-order valence-corrected chi connectivity index (χ4v) is 3.89. The van der Waals surface area contributed by atoms with E-state index < -0.39 is 17.0 Å². The smallest absolute Gasteiger partial charge is 0.336 e. The predicted molar refractivity (Wildman–Crippen MR) is 136 cm³/mol. The fraction of sp³-hybridized carbons (Fsp3) is 0.346. The zero-order valence-electron chi connectivity index (χ0n) is 20.0. The summed E-state index contributed by atoms with van der Waals surface area (Å²) in [4.78, 5) is 28.4. The lowest BCUT2D eigenvalue weighted by molar-refractivity contribution is -0.120. The van der Waals surface area contributed by atoms with E-state index in [0.717, 1.165) is 11.4 Å². The van der Waals surface area contributed by atoms with Crippen molar-refractivity contribution >= 4 is 24.5 Å². The molecule has 0 spiro atoms. The van der Waals surface area contributed by atoms with E-state index in [1.54, 1.807) is 34.9 Å². The van der Waals surface area contributed by atoms with Crippen LogP contribution >= 0.6 is 12.6 Å². The lowest BCUT2D eigenvalue weighted by Crippen LogP contribution is -2.31.